The average molecular weight is 418 g/mol. The van der Waals surface area contributed by atoms with Crippen LogP contribution in [0.2, 0.25) is 0 Å². The molecule has 2 aromatic heterocycles. The Morgan fingerprint density at radius 1 is 1.00 bits per heavy atom. The molecule has 10 heteroatoms. The summed E-state index contributed by atoms with van der Waals surface area (Å²) < 4.78 is 45.1. The van der Waals surface area contributed by atoms with Crippen molar-refractivity contribution < 1.29 is 17.9 Å². The lowest BCUT2D eigenvalue weighted by Crippen LogP contribution is -2.48. The number of anilines is 2. The SMILES string of the molecule is COc1cnc(N2CCN(c3ncc(Br)cc3C(F)(F)F)CC2)nc1. The lowest BCUT2D eigenvalue weighted by Gasteiger charge is -2.36. The van der Waals surface area contributed by atoms with Gasteiger partial charge in [-0.2, -0.15) is 13.2 Å². The molecule has 134 valence electrons. The van der Waals surface area contributed by atoms with Gasteiger partial charge in [-0.25, -0.2) is 15.0 Å². The second-order valence-corrected chi connectivity index (χ2v) is 6.34. The molecule has 0 spiro atoms. The van der Waals surface area contributed by atoms with E-state index in [0.717, 1.165) is 6.07 Å². The van der Waals surface area contributed by atoms with E-state index < -0.39 is 11.7 Å². The van der Waals surface area contributed by atoms with Gasteiger partial charge in [0.1, 0.15) is 5.82 Å². The first-order valence-electron chi connectivity index (χ1n) is 7.47. The summed E-state index contributed by atoms with van der Waals surface area (Å²) in [6.07, 6.45) is 0.0470. The number of piperazine rings is 1. The van der Waals surface area contributed by atoms with Crippen LogP contribution in [0.1, 0.15) is 5.56 Å². The third kappa shape index (κ3) is 3.94. The maximum absolute atomic E-state index is 13.3. The Labute approximate surface area is 150 Å². The van der Waals surface area contributed by atoms with Gasteiger partial charge in [-0.1, -0.05) is 0 Å². The standard InChI is InChI=1S/C15H15BrF3N5O/c1-25-11-8-21-14(22-9-11)24-4-2-23(3-5-24)13-12(15(17,18)19)6-10(16)7-20-13/h6-9H,2-5H2,1H3. The molecule has 1 aliphatic rings. The van der Waals surface area contributed by atoms with Gasteiger partial charge in [-0.15, -0.1) is 0 Å². The molecule has 1 saturated heterocycles. The van der Waals surface area contributed by atoms with Crippen molar-refractivity contribution in [1.29, 1.82) is 0 Å². The Morgan fingerprint density at radius 2 is 1.60 bits per heavy atom. The minimum Gasteiger partial charge on any atom is -0.494 e. The lowest BCUT2D eigenvalue weighted by atomic mass is 10.2. The van der Waals surface area contributed by atoms with E-state index in [2.05, 4.69) is 30.9 Å². The zero-order valence-corrected chi connectivity index (χ0v) is 14.9. The van der Waals surface area contributed by atoms with Crippen molar-refractivity contribution in [3.8, 4) is 5.75 Å². The highest BCUT2D eigenvalue weighted by Crippen LogP contribution is 2.37. The summed E-state index contributed by atoms with van der Waals surface area (Å²) in [5.41, 5.74) is -0.740. The van der Waals surface area contributed by atoms with Gasteiger partial charge in [-0.05, 0) is 22.0 Å². The lowest BCUT2D eigenvalue weighted by molar-refractivity contribution is -0.137. The van der Waals surface area contributed by atoms with E-state index in [1.54, 1.807) is 17.3 Å². The number of hydrogen-bond acceptors (Lipinski definition) is 6. The van der Waals surface area contributed by atoms with Crippen LogP contribution in [0.4, 0.5) is 24.9 Å². The fraction of sp³-hybridized carbons (Fsp3) is 0.400. The van der Waals surface area contributed by atoms with E-state index in [-0.39, 0.29) is 5.82 Å². The van der Waals surface area contributed by atoms with Crippen molar-refractivity contribution >= 4 is 27.7 Å². The summed E-state index contributed by atoms with van der Waals surface area (Å²) in [6.45, 7) is 1.79. The van der Waals surface area contributed by atoms with Crippen LogP contribution >= 0.6 is 15.9 Å². The molecule has 0 atom stereocenters. The maximum Gasteiger partial charge on any atom is 0.419 e. The molecule has 3 rings (SSSR count). The van der Waals surface area contributed by atoms with E-state index in [1.165, 1.54) is 13.3 Å². The zero-order chi connectivity index (χ0) is 18.0. The van der Waals surface area contributed by atoms with Crippen LogP contribution < -0.4 is 14.5 Å². The summed E-state index contributed by atoms with van der Waals surface area (Å²) in [6, 6.07) is 1.06. The smallest absolute Gasteiger partial charge is 0.419 e. The minimum absolute atomic E-state index is 0.0500. The maximum atomic E-state index is 13.3. The Hall–Kier alpha value is -2.10. The molecule has 0 unspecified atom stereocenters. The molecule has 2 aromatic rings. The van der Waals surface area contributed by atoms with Gasteiger partial charge in [0.15, 0.2) is 5.75 Å². The third-order valence-electron chi connectivity index (χ3n) is 3.85. The number of halogens is 4. The number of pyridine rings is 1. The van der Waals surface area contributed by atoms with E-state index >= 15 is 0 Å². The molecule has 1 fully saturated rings. The highest BCUT2D eigenvalue weighted by molar-refractivity contribution is 9.10. The summed E-state index contributed by atoms with van der Waals surface area (Å²) in [4.78, 5) is 16.0. The topological polar surface area (TPSA) is 54.4 Å². The molecule has 3 heterocycles. The zero-order valence-electron chi connectivity index (χ0n) is 13.3. The number of aromatic nitrogens is 3. The second-order valence-electron chi connectivity index (χ2n) is 5.42. The predicted molar refractivity (Wildman–Crippen MR) is 89.9 cm³/mol. The molecule has 0 N–H and O–H groups in total. The summed E-state index contributed by atoms with van der Waals surface area (Å²) in [7, 11) is 1.53. The molecule has 0 saturated carbocycles. The van der Waals surface area contributed by atoms with Crippen LogP contribution in [-0.4, -0.2) is 48.2 Å². The van der Waals surface area contributed by atoms with Crippen molar-refractivity contribution in [3.63, 3.8) is 0 Å². The van der Waals surface area contributed by atoms with Crippen LogP contribution in [0.3, 0.4) is 0 Å². The van der Waals surface area contributed by atoms with E-state index in [1.807, 2.05) is 4.90 Å². The Morgan fingerprint density at radius 3 is 2.16 bits per heavy atom. The van der Waals surface area contributed by atoms with Crippen LogP contribution in [0, 0.1) is 0 Å². The minimum atomic E-state index is -4.46. The molecule has 25 heavy (non-hydrogen) atoms. The van der Waals surface area contributed by atoms with Gasteiger partial charge in [0, 0.05) is 36.8 Å². The number of methoxy groups -OCH3 is 1. The highest BCUT2D eigenvalue weighted by atomic mass is 79.9. The van der Waals surface area contributed by atoms with Crippen molar-refractivity contribution in [2.75, 3.05) is 43.1 Å². The first-order chi connectivity index (χ1) is 11.9. The van der Waals surface area contributed by atoms with Crippen LogP contribution in [-0.2, 0) is 6.18 Å². The summed E-state index contributed by atoms with van der Waals surface area (Å²) in [5, 5.41) is 0. The molecule has 0 aromatic carbocycles. The molecular weight excluding hydrogens is 403 g/mol. The first-order valence-corrected chi connectivity index (χ1v) is 8.26. The molecule has 0 aliphatic carbocycles. The Kier molecular flexibility index (Phi) is 4.98. The highest BCUT2D eigenvalue weighted by Gasteiger charge is 2.37. The van der Waals surface area contributed by atoms with Gasteiger partial charge in [0.25, 0.3) is 0 Å². The number of ether oxygens (including phenoxy) is 1. The fourth-order valence-electron chi connectivity index (χ4n) is 2.59. The van der Waals surface area contributed by atoms with Crippen LogP contribution in [0.15, 0.2) is 29.1 Å². The average Bonchev–Trinajstić information content (AvgIpc) is 2.61. The van der Waals surface area contributed by atoms with Crippen molar-refractivity contribution in [2.45, 2.75) is 6.18 Å². The summed E-state index contributed by atoms with van der Waals surface area (Å²) >= 11 is 3.05. The van der Waals surface area contributed by atoms with Gasteiger partial charge >= 0.3 is 6.18 Å². The van der Waals surface area contributed by atoms with E-state index in [9.17, 15) is 13.2 Å². The van der Waals surface area contributed by atoms with Gasteiger partial charge < -0.3 is 14.5 Å². The molecule has 1 aliphatic heterocycles. The van der Waals surface area contributed by atoms with Crippen molar-refractivity contribution in [1.82, 2.24) is 15.0 Å². The quantitative estimate of drug-likeness (QED) is 0.764. The van der Waals surface area contributed by atoms with E-state index in [4.69, 9.17) is 4.74 Å². The van der Waals surface area contributed by atoms with E-state index in [0.29, 0.717) is 42.3 Å². The van der Waals surface area contributed by atoms with Gasteiger partial charge in [0.2, 0.25) is 5.95 Å². The van der Waals surface area contributed by atoms with Crippen LogP contribution in [0.25, 0.3) is 0 Å². The number of nitrogens with zero attached hydrogens (tertiary/aromatic N) is 5. The van der Waals surface area contributed by atoms with Crippen molar-refractivity contribution in [2.24, 2.45) is 0 Å². The fourth-order valence-corrected chi connectivity index (χ4v) is 2.92. The Balaban J connectivity index is 1.74. The summed E-state index contributed by atoms with van der Waals surface area (Å²) in [5.74, 6) is 1.03. The van der Waals surface area contributed by atoms with Crippen molar-refractivity contribution in [3.05, 3.63) is 34.7 Å². The predicted octanol–water partition coefficient (Wildman–Crippen LogP) is 2.99. The third-order valence-corrected chi connectivity index (χ3v) is 4.28. The number of rotatable bonds is 3. The molecular formula is C15H15BrF3N5O. The number of hydrogen-bond donors (Lipinski definition) is 0. The number of alkyl halides is 3. The monoisotopic (exact) mass is 417 g/mol. The van der Waals surface area contributed by atoms with Crippen LogP contribution in [0.5, 0.6) is 5.75 Å². The van der Waals surface area contributed by atoms with Gasteiger partial charge in [-0.3, -0.25) is 0 Å². The molecule has 0 amide bonds. The molecule has 0 bridgehead atoms. The Bertz CT molecular complexity index is 733. The second kappa shape index (κ2) is 7.03. The normalized spacial score (nSPS) is 15.4. The molecule has 0 radical (unpaired) electrons. The largest absolute Gasteiger partial charge is 0.494 e. The van der Waals surface area contributed by atoms with Gasteiger partial charge in [0.05, 0.1) is 25.1 Å². The molecule has 6 nitrogen and oxygen atoms in total. The first kappa shape index (κ1) is 17.7.